The van der Waals surface area contributed by atoms with Crippen LogP contribution in [0.2, 0.25) is 0 Å². The van der Waals surface area contributed by atoms with E-state index in [0.717, 1.165) is 0 Å². The van der Waals surface area contributed by atoms with Crippen LogP contribution in [0.15, 0.2) is 53.3 Å². The molecule has 1 heterocycles. The first kappa shape index (κ1) is 18.4. The summed E-state index contributed by atoms with van der Waals surface area (Å²) in [6.07, 6.45) is 0.707. The van der Waals surface area contributed by atoms with E-state index in [-0.39, 0.29) is 0 Å². The first-order valence-electron chi connectivity index (χ1n) is 8.69. The van der Waals surface area contributed by atoms with Gasteiger partial charge in [0.2, 0.25) is 0 Å². The van der Waals surface area contributed by atoms with Crippen LogP contribution < -0.4 is 10.1 Å². The summed E-state index contributed by atoms with van der Waals surface area (Å²) < 4.78 is 16.0. The van der Waals surface area contributed by atoms with Crippen LogP contribution in [0.3, 0.4) is 0 Å². The molecule has 0 spiro atoms. The van der Waals surface area contributed by atoms with E-state index in [4.69, 9.17) is 13.9 Å². The molecule has 2 aromatic carbocycles. The summed E-state index contributed by atoms with van der Waals surface area (Å²) in [4.78, 5) is 29.0. The van der Waals surface area contributed by atoms with Crippen molar-refractivity contribution in [2.24, 2.45) is 0 Å². The Labute approximate surface area is 156 Å². The SMILES string of the molecule is CCOc1ccccc1NC(=O)C(CC)OC(=O)c1ccc2ocnc2c1. The third kappa shape index (κ3) is 4.25. The van der Waals surface area contributed by atoms with Gasteiger partial charge < -0.3 is 19.2 Å². The normalized spacial score (nSPS) is 11.8. The molecule has 0 saturated carbocycles. The first-order chi connectivity index (χ1) is 13.1. The molecular weight excluding hydrogens is 348 g/mol. The number of nitrogens with one attached hydrogen (secondary N) is 1. The molecule has 27 heavy (non-hydrogen) atoms. The second-order valence-corrected chi connectivity index (χ2v) is 5.76. The molecule has 1 N–H and O–H groups in total. The minimum atomic E-state index is -0.930. The van der Waals surface area contributed by atoms with Gasteiger partial charge in [0.15, 0.2) is 18.1 Å². The molecule has 0 bridgehead atoms. The maximum atomic E-state index is 12.6. The van der Waals surface area contributed by atoms with Crippen molar-refractivity contribution in [3.63, 3.8) is 0 Å². The third-order valence-corrected chi connectivity index (χ3v) is 3.92. The van der Waals surface area contributed by atoms with Gasteiger partial charge in [-0.05, 0) is 43.7 Å². The number of fused-ring (bicyclic) bond motifs is 1. The zero-order valence-electron chi connectivity index (χ0n) is 15.1. The molecule has 1 atom stereocenters. The van der Waals surface area contributed by atoms with Gasteiger partial charge in [0.1, 0.15) is 11.3 Å². The molecule has 0 aliphatic rings. The lowest BCUT2D eigenvalue weighted by atomic mass is 10.2. The van der Waals surface area contributed by atoms with Gasteiger partial charge >= 0.3 is 5.97 Å². The predicted molar refractivity (Wildman–Crippen MR) is 99.7 cm³/mol. The van der Waals surface area contributed by atoms with Crippen LogP contribution in [0.25, 0.3) is 11.1 Å². The van der Waals surface area contributed by atoms with Gasteiger partial charge in [0.25, 0.3) is 5.91 Å². The Bertz CT molecular complexity index is 950. The number of anilines is 1. The first-order valence-corrected chi connectivity index (χ1v) is 8.69. The zero-order valence-corrected chi connectivity index (χ0v) is 15.1. The Morgan fingerprint density at radius 1 is 1.19 bits per heavy atom. The van der Waals surface area contributed by atoms with Gasteiger partial charge in [-0.2, -0.15) is 0 Å². The van der Waals surface area contributed by atoms with Crippen molar-refractivity contribution in [3.8, 4) is 5.75 Å². The number of nitrogens with zero attached hydrogens (tertiary/aromatic N) is 1. The second kappa shape index (κ2) is 8.35. The average molecular weight is 368 g/mol. The fourth-order valence-corrected chi connectivity index (χ4v) is 2.57. The van der Waals surface area contributed by atoms with Crippen LogP contribution in [0, 0.1) is 0 Å². The number of esters is 1. The van der Waals surface area contributed by atoms with E-state index >= 15 is 0 Å². The molecule has 3 rings (SSSR count). The van der Waals surface area contributed by atoms with E-state index in [2.05, 4.69) is 10.3 Å². The van der Waals surface area contributed by atoms with Gasteiger partial charge in [0, 0.05) is 0 Å². The molecule has 0 saturated heterocycles. The zero-order chi connectivity index (χ0) is 19.2. The lowest BCUT2D eigenvalue weighted by Crippen LogP contribution is -2.32. The fraction of sp³-hybridized carbons (Fsp3) is 0.250. The van der Waals surface area contributed by atoms with Crippen LogP contribution in [0.1, 0.15) is 30.6 Å². The van der Waals surface area contributed by atoms with Crippen molar-refractivity contribution in [1.29, 1.82) is 0 Å². The Kier molecular flexibility index (Phi) is 5.71. The molecule has 3 aromatic rings. The molecule has 1 amide bonds. The van der Waals surface area contributed by atoms with Gasteiger partial charge in [-0.15, -0.1) is 0 Å². The van der Waals surface area contributed by atoms with E-state index in [1.807, 2.05) is 13.0 Å². The van der Waals surface area contributed by atoms with E-state index in [9.17, 15) is 9.59 Å². The van der Waals surface area contributed by atoms with Crippen molar-refractivity contribution in [3.05, 3.63) is 54.4 Å². The number of carbonyl (C=O) groups excluding carboxylic acids is 2. The second-order valence-electron chi connectivity index (χ2n) is 5.76. The monoisotopic (exact) mass is 368 g/mol. The lowest BCUT2D eigenvalue weighted by molar-refractivity contribution is -0.124. The lowest BCUT2D eigenvalue weighted by Gasteiger charge is -2.17. The minimum absolute atomic E-state index is 0.303. The maximum absolute atomic E-state index is 12.6. The van der Waals surface area contributed by atoms with Crippen LogP contribution in [0.5, 0.6) is 5.75 Å². The molecule has 0 aliphatic carbocycles. The number of ether oxygens (including phenoxy) is 2. The van der Waals surface area contributed by atoms with Crippen molar-refractivity contribution >= 4 is 28.7 Å². The van der Waals surface area contributed by atoms with Crippen molar-refractivity contribution in [2.45, 2.75) is 26.4 Å². The van der Waals surface area contributed by atoms with E-state index < -0.39 is 18.0 Å². The van der Waals surface area contributed by atoms with E-state index in [0.29, 0.717) is 41.1 Å². The number of oxazole rings is 1. The molecule has 1 unspecified atom stereocenters. The molecule has 0 aliphatic heterocycles. The van der Waals surface area contributed by atoms with Crippen molar-refractivity contribution < 1.29 is 23.5 Å². The predicted octanol–water partition coefficient (Wildman–Crippen LogP) is 3.80. The van der Waals surface area contributed by atoms with Crippen LogP contribution >= 0.6 is 0 Å². The maximum Gasteiger partial charge on any atom is 0.338 e. The summed E-state index contributed by atoms with van der Waals surface area (Å²) in [6, 6.07) is 11.9. The highest BCUT2D eigenvalue weighted by molar-refractivity contribution is 5.99. The standard InChI is InChI=1S/C20H20N2O5/c1-3-16(19(23)22-14-7-5-6-8-17(14)25-4-2)27-20(24)13-9-10-18-15(11-13)21-12-26-18/h5-12,16H,3-4H2,1-2H3,(H,22,23). The number of benzene rings is 2. The molecule has 140 valence electrons. The molecule has 7 nitrogen and oxygen atoms in total. The third-order valence-electron chi connectivity index (χ3n) is 3.92. The van der Waals surface area contributed by atoms with Crippen LogP contribution in [-0.4, -0.2) is 29.6 Å². The Morgan fingerprint density at radius 2 is 2.00 bits per heavy atom. The Morgan fingerprint density at radius 3 is 2.78 bits per heavy atom. The number of aromatic nitrogens is 1. The number of hydrogen-bond donors (Lipinski definition) is 1. The summed E-state index contributed by atoms with van der Waals surface area (Å²) in [5.41, 5.74) is 1.96. The van der Waals surface area contributed by atoms with E-state index in [1.54, 1.807) is 43.3 Å². The molecular formula is C20H20N2O5. The van der Waals surface area contributed by atoms with Crippen molar-refractivity contribution in [1.82, 2.24) is 4.98 Å². The summed E-state index contributed by atoms with van der Waals surface area (Å²) in [7, 11) is 0. The molecule has 0 fully saturated rings. The van der Waals surface area contributed by atoms with Gasteiger partial charge in [-0.25, -0.2) is 9.78 Å². The summed E-state index contributed by atoms with van der Waals surface area (Å²) in [5.74, 6) is -0.452. The Balaban J connectivity index is 1.70. The highest BCUT2D eigenvalue weighted by atomic mass is 16.5. The molecule has 1 aromatic heterocycles. The molecule has 7 heteroatoms. The van der Waals surface area contributed by atoms with Crippen LogP contribution in [-0.2, 0) is 9.53 Å². The number of carbonyl (C=O) groups is 2. The van der Waals surface area contributed by atoms with E-state index in [1.165, 1.54) is 6.39 Å². The van der Waals surface area contributed by atoms with Crippen LogP contribution in [0.4, 0.5) is 5.69 Å². The number of para-hydroxylation sites is 2. The largest absolute Gasteiger partial charge is 0.492 e. The average Bonchev–Trinajstić information content (AvgIpc) is 3.15. The Hall–Kier alpha value is -3.35. The summed E-state index contributed by atoms with van der Waals surface area (Å²) in [5, 5.41) is 2.76. The highest BCUT2D eigenvalue weighted by Gasteiger charge is 2.23. The summed E-state index contributed by atoms with van der Waals surface area (Å²) in [6.45, 7) is 4.11. The fourth-order valence-electron chi connectivity index (χ4n) is 2.57. The smallest absolute Gasteiger partial charge is 0.338 e. The number of hydrogen-bond acceptors (Lipinski definition) is 6. The number of rotatable bonds is 7. The van der Waals surface area contributed by atoms with Gasteiger partial charge in [-0.1, -0.05) is 19.1 Å². The summed E-state index contributed by atoms with van der Waals surface area (Å²) >= 11 is 0. The highest BCUT2D eigenvalue weighted by Crippen LogP contribution is 2.24. The minimum Gasteiger partial charge on any atom is -0.492 e. The van der Waals surface area contributed by atoms with Gasteiger partial charge in [0.05, 0.1) is 17.9 Å². The van der Waals surface area contributed by atoms with Crippen molar-refractivity contribution in [2.75, 3.05) is 11.9 Å². The number of amides is 1. The quantitative estimate of drug-likeness (QED) is 0.638. The molecule has 0 radical (unpaired) electrons. The van der Waals surface area contributed by atoms with Gasteiger partial charge in [-0.3, -0.25) is 4.79 Å². The topological polar surface area (TPSA) is 90.7 Å².